The van der Waals surface area contributed by atoms with Crippen LogP contribution >= 0.6 is 0 Å². The summed E-state index contributed by atoms with van der Waals surface area (Å²) in [6.07, 6.45) is -0.0874. The second kappa shape index (κ2) is 6.25. The summed E-state index contributed by atoms with van der Waals surface area (Å²) < 4.78 is 5.61. The lowest BCUT2D eigenvalue weighted by Crippen LogP contribution is -2.76. The van der Waals surface area contributed by atoms with Crippen LogP contribution in [0.5, 0.6) is 0 Å². The van der Waals surface area contributed by atoms with Crippen molar-refractivity contribution in [1.82, 2.24) is 10.3 Å². The first-order valence-corrected chi connectivity index (χ1v) is 8.52. The number of carboxylic acids is 1. The highest BCUT2D eigenvalue weighted by atomic mass is 16.5. The molecule has 1 fully saturated rings. The van der Waals surface area contributed by atoms with Crippen LogP contribution in [0.1, 0.15) is 37.6 Å². The number of carboxylic acid groups (broad SMARTS) is 1. The topological polar surface area (TPSA) is 108 Å². The number of aromatic amines is 1. The molecule has 1 aromatic heterocycles. The van der Waals surface area contributed by atoms with Gasteiger partial charge >= 0.3 is 5.97 Å². The molecule has 0 bridgehead atoms. The summed E-state index contributed by atoms with van der Waals surface area (Å²) in [5.41, 5.74) is -1.98. The van der Waals surface area contributed by atoms with Crippen molar-refractivity contribution in [2.45, 2.75) is 38.8 Å². The molecule has 26 heavy (non-hydrogen) atoms. The lowest BCUT2D eigenvalue weighted by Gasteiger charge is -2.58. The molecule has 1 saturated carbocycles. The molecule has 7 heteroatoms. The quantitative estimate of drug-likeness (QED) is 0.757. The van der Waals surface area contributed by atoms with Gasteiger partial charge in [-0.15, -0.1) is 0 Å². The zero-order chi connectivity index (χ0) is 19.1. The van der Waals surface area contributed by atoms with Gasteiger partial charge in [0, 0.05) is 35.4 Å². The largest absolute Gasteiger partial charge is 0.479 e. The van der Waals surface area contributed by atoms with Gasteiger partial charge in [0.1, 0.15) is 5.54 Å². The third kappa shape index (κ3) is 2.59. The van der Waals surface area contributed by atoms with E-state index in [1.807, 2.05) is 6.92 Å². The number of ether oxygens (including phenoxy) is 1. The number of aromatic nitrogens is 1. The van der Waals surface area contributed by atoms with Crippen molar-refractivity contribution in [3.05, 3.63) is 46.2 Å². The molecule has 1 heterocycles. The van der Waals surface area contributed by atoms with Crippen LogP contribution in [0.15, 0.2) is 35.1 Å². The molecule has 0 aliphatic heterocycles. The second-order valence-electron chi connectivity index (χ2n) is 7.13. The number of nitrogens with one attached hydrogen (secondary N) is 2. The minimum Gasteiger partial charge on any atom is -0.479 e. The lowest BCUT2D eigenvalue weighted by molar-refractivity contribution is -0.190. The van der Waals surface area contributed by atoms with Gasteiger partial charge in [0.05, 0.1) is 11.7 Å². The maximum Gasteiger partial charge on any atom is 0.330 e. The van der Waals surface area contributed by atoms with Gasteiger partial charge in [0.25, 0.3) is 5.91 Å². The number of amides is 1. The van der Waals surface area contributed by atoms with E-state index in [1.54, 1.807) is 38.1 Å². The Bertz CT molecular complexity index is 933. The van der Waals surface area contributed by atoms with E-state index in [4.69, 9.17) is 4.74 Å². The summed E-state index contributed by atoms with van der Waals surface area (Å²) in [6.45, 7) is 5.84. The predicted octanol–water partition coefficient (Wildman–Crippen LogP) is 1.92. The highest BCUT2D eigenvalue weighted by molar-refractivity contribution is 6.07. The molecule has 0 radical (unpaired) electrons. The van der Waals surface area contributed by atoms with Gasteiger partial charge in [0.15, 0.2) is 0 Å². The van der Waals surface area contributed by atoms with Crippen LogP contribution in [-0.2, 0) is 9.53 Å². The lowest BCUT2D eigenvalue weighted by atomic mass is 9.54. The van der Waals surface area contributed by atoms with Crippen LogP contribution in [0.4, 0.5) is 0 Å². The van der Waals surface area contributed by atoms with Crippen LogP contribution in [0.25, 0.3) is 10.9 Å². The van der Waals surface area contributed by atoms with E-state index < -0.39 is 28.4 Å². The minimum absolute atomic E-state index is 0.153. The Morgan fingerprint density at radius 2 is 2.04 bits per heavy atom. The Morgan fingerprint density at radius 1 is 1.35 bits per heavy atom. The summed E-state index contributed by atoms with van der Waals surface area (Å²) in [5, 5.41) is 13.1. The number of hydrogen-bond donors (Lipinski definition) is 3. The van der Waals surface area contributed by atoms with E-state index in [0.29, 0.717) is 17.5 Å². The van der Waals surface area contributed by atoms with Crippen molar-refractivity contribution in [2.24, 2.45) is 5.41 Å². The summed E-state index contributed by atoms with van der Waals surface area (Å²) in [4.78, 5) is 39.5. The molecule has 1 aromatic carbocycles. The van der Waals surface area contributed by atoms with Gasteiger partial charge in [-0.1, -0.05) is 32.0 Å². The zero-order valence-electron chi connectivity index (χ0n) is 15.0. The molecule has 3 rings (SSSR count). The maximum absolute atomic E-state index is 12.9. The van der Waals surface area contributed by atoms with E-state index in [0.717, 1.165) is 0 Å². The fraction of sp³-hybridized carbons (Fsp3) is 0.421. The summed E-state index contributed by atoms with van der Waals surface area (Å²) in [5.74, 6) is -1.70. The molecular weight excluding hydrogens is 336 g/mol. The molecule has 1 aliphatic carbocycles. The number of carbonyl (C=O) groups is 2. The van der Waals surface area contributed by atoms with E-state index in [9.17, 15) is 19.5 Å². The van der Waals surface area contributed by atoms with Gasteiger partial charge < -0.3 is 20.1 Å². The van der Waals surface area contributed by atoms with Crippen molar-refractivity contribution in [1.29, 1.82) is 0 Å². The molecule has 3 N–H and O–H groups in total. The number of aliphatic carboxylic acids is 1. The summed E-state index contributed by atoms with van der Waals surface area (Å²) >= 11 is 0. The summed E-state index contributed by atoms with van der Waals surface area (Å²) in [6, 6.07) is 8.10. The van der Waals surface area contributed by atoms with Crippen molar-refractivity contribution >= 4 is 22.8 Å². The third-order valence-electron chi connectivity index (χ3n) is 5.45. The van der Waals surface area contributed by atoms with Crippen molar-refractivity contribution < 1.29 is 19.4 Å². The van der Waals surface area contributed by atoms with Gasteiger partial charge in [-0.25, -0.2) is 4.79 Å². The smallest absolute Gasteiger partial charge is 0.330 e. The Hall–Kier alpha value is -2.67. The van der Waals surface area contributed by atoms with E-state index in [1.165, 1.54) is 6.07 Å². The standard InChI is InChI=1S/C19H22N2O5/c1-4-26-14-10-19(17(24)25,18(14,2)3)21-16(23)12-9-15(22)20-13-8-6-5-7-11(12)13/h5-9,14H,4,10H2,1-3H3,(H,20,22)(H,21,23)(H,24,25). The molecule has 1 aliphatic rings. The molecule has 2 aromatic rings. The van der Waals surface area contributed by atoms with Crippen molar-refractivity contribution in [2.75, 3.05) is 6.61 Å². The summed E-state index contributed by atoms with van der Waals surface area (Å²) in [7, 11) is 0. The Labute approximate surface area is 150 Å². The van der Waals surface area contributed by atoms with Gasteiger partial charge in [-0.3, -0.25) is 9.59 Å². The maximum atomic E-state index is 12.9. The van der Waals surface area contributed by atoms with E-state index in [2.05, 4.69) is 10.3 Å². The number of para-hydroxylation sites is 1. The fourth-order valence-corrected chi connectivity index (χ4v) is 3.69. The molecule has 7 nitrogen and oxygen atoms in total. The van der Waals surface area contributed by atoms with Crippen LogP contribution in [-0.4, -0.2) is 40.2 Å². The predicted molar refractivity (Wildman–Crippen MR) is 96.2 cm³/mol. The zero-order valence-corrected chi connectivity index (χ0v) is 15.0. The average molecular weight is 358 g/mol. The monoisotopic (exact) mass is 358 g/mol. The first-order valence-electron chi connectivity index (χ1n) is 8.52. The molecule has 0 spiro atoms. The normalized spacial score (nSPS) is 24.0. The molecule has 0 saturated heterocycles. The Balaban J connectivity index is 1.99. The molecule has 2 atom stereocenters. The number of benzene rings is 1. The highest BCUT2D eigenvalue weighted by Gasteiger charge is 2.66. The number of carbonyl (C=O) groups excluding carboxylic acids is 1. The van der Waals surface area contributed by atoms with Gasteiger partial charge in [-0.2, -0.15) is 0 Å². The van der Waals surface area contributed by atoms with Crippen molar-refractivity contribution in [3.63, 3.8) is 0 Å². The second-order valence-corrected chi connectivity index (χ2v) is 7.13. The minimum atomic E-state index is -1.45. The Kier molecular flexibility index (Phi) is 4.36. The first-order chi connectivity index (χ1) is 12.2. The molecule has 2 unspecified atom stereocenters. The van der Waals surface area contributed by atoms with Crippen molar-refractivity contribution in [3.8, 4) is 0 Å². The molecular formula is C19H22N2O5. The van der Waals surface area contributed by atoms with Crippen LogP contribution in [0, 0.1) is 5.41 Å². The number of pyridine rings is 1. The van der Waals surface area contributed by atoms with E-state index in [-0.39, 0.29) is 18.1 Å². The molecule has 1 amide bonds. The van der Waals surface area contributed by atoms with Gasteiger partial charge in [-0.05, 0) is 13.0 Å². The average Bonchev–Trinajstić information content (AvgIpc) is 2.59. The number of rotatable bonds is 5. The van der Waals surface area contributed by atoms with Gasteiger partial charge in [0.2, 0.25) is 5.56 Å². The fourth-order valence-electron chi connectivity index (χ4n) is 3.69. The number of fused-ring (bicyclic) bond motifs is 1. The molecule has 138 valence electrons. The van der Waals surface area contributed by atoms with Crippen LogP contribution < -0.4 is 10.9 Å². The SMILES string of the molecule is CCOC1CC(NC(=O)c2cc(=O)[nH]c3ccccc23)(C(=O)O)C1(C)C. The van der Waals surface area contributed by atoms with Crippen LogP contribution in [0.3, 0.4) is 0 Å². The van der Waals surface area contributed by atoms with Crippen LogP contribution in [0.2, 0.25) is 0 Å². The van der Waals surface area contributed by atoms with E-state index >= 15 is 0 Å². The number of H-pyrrole nitrogens is 1. The highest BCUT2D eigenvalue weighted by Crippen LogP contribution is 2.51. The number of hydrogen-bond acceptors (Lipinski definition) is 4. The first kappa shape index (κ1) is 18.1. The Morgan fingerprint density at radius 3 is 2.65 bits per heavy atom. The third-order valence-corrected chi connectivity index (χ3v) is 5.45.